The van der Waals surface area contributed by atoms with Crippen molar-refractivity contribution in [3.8, 4) is 0 Å². The molecule has 0 aliphatic heterocycles. The summed E-state index contributed by atoms with van der Waals surface area (Å²) in [4.78, 5) is 34.4. The molecule has 0 aliphatic carbocycles. The molecule has 2 rings (SSSR count). The Morgan fingerprint density at radius 1 is 1.13 bits per heavy atom. The van der Waals surface area contributed by atoms with Gasteiger partial charge in [-0.2, -0.15) is 0 Å². The van der Waals surface area contributed by atoms with E-state index in [-0.39, 0.29) is 5.91 Å². The van der Waals surface area contributed by atoms with Crippen molar-refractivity contribution >= 4 is 52.1 Å². The molecule has 2 amide bonds. The third-order valence-electron chi connectivity index (χ3n) is 2.60. The van der Waals surface area contributed by atoms with Crippen LogP contribution in [0.25, 0.3) is 0 Å². The van der Waals surface area contributed by atoms with E-state index >= 15 is 0 Å². The highest BCUT2D eigenvalue weighted by molar-refractivity contribution is 7.12. The lowest BCUT2D eigenvalue weighted by atomic mass is 10.2. The highest BCUT2D eigenvalue weighted by Gasteiger charge is 2.10. The average molecular weight is 351 g/mol. The van der Waals surface area contributed by atoms with Crippen LogP contribution < -0.4 is 10.6 Å². The van der Waals surface area contributed by atoms with Crippen molar-refractivity contribution in [2.45, 2.75) is 0 Å². The molecule has 0 saturated heterocycles. The number of carbonyl (C=O) groups excluding carboxylic acids is 2. The average Bonchev–Trinajstić information content (AvgIpc) is 3.03. The van der Waals surface area contributed by atoms with E-state index in [1.165, 1.54) is 29.5 Å². The van der Waals surface area contributed by atoms with Gasteiger partial charge in [-0.15, -0.1) is 11.3 Å². The first-order chi connectivity index (χ1) is 11.0. The molecule has 0 spiro atoms. The number of carbonyl (C=O) groups is 3. The zero-order valence-electron chi connectivity index (χ0n) is 11.6. The molecule has 1 aromatic heterocycles. The van der Waals surface area contributed by atoms with Crippen molar-refractivity contribution in [2.75, 3.05) is 10.6 Å². The van der Waals surface area contributed by atoms with E-state index in [4.69, 9.17) is 16.7 Å². The van der Waals surface area contributed by atoms with Crippen molar-refractivity contribution in [2.24, 2.45) is 0 Å². The van der Waals surface area contributed by atoms with Crippen molar-refractivity contribution in [3.63, 3.8) is 0 Å². The predicted molar refractivity (Wildman–Crippen MR) is 89.1 cm³/mol. The van der Waals surface area contributed by atoms with Crippen LogP contribution in [0.3, 0.4) is 0 Å². The Morgan fingerprint density at radius 3 is 2.57 bits per heavy atom. The first kappa shape index (κ1) is 16.7. The van der Waals surface area contributed by atoms with Crippen LogP contribution >= 0.6 is 22.9 Å². The van der Waals surface area contributed by atoms with E-state index in [2.05, 4.69) is 10.6 Å². The number of carboxylic acids is 1. The lowest BCUT2D eigenvalue weighted by Gasteiger charge is -2.09. The molecule has 23 heavy (non-hydrogen) atoms. The SMILES string of the molecule is O=C(O)/C=C\C(=O)Nc1ccc(Cl)c(NC(=O)c2cccs2)c1. The lowest BCUT2D eigenvalue weighted by molar-refractivity contribution is -0.131. The van der Waals surface area contributed by atoms with Gasteiger partial charge in [-0.3, -0.25) is 9.59 Å². The molecule has 1 aromatic carbocycles. The zero-order valence-corrected chi connectivity index (χ0v) is 13.1. The largest absolute Gasteiger partial charge is 0.478 e. The number of thiophene rings is 1. The smallest absolute Gasteiger partial charge is 0.328 e. The monoisotopic (exact) mass is 350 g/mol. The summed E-state index contributed by atoms with van der Waals surface area (Å²) in [6, 6.07) is 7.97. The number of amides is 2. The Morgan fingerprint density at radius 2 is 1.91 bits per heavy atom. The standard InChI is InChI=1S/C15H11ClN2O4S/c16-10-4-3-9(17-13(19)5-6-14(20)21)8-11(10)18-15(22)12-2-1-7-23-12/h1-8H,(H,17,19)(H,18,22)(H,20,21)/b6-5-. The van der Waals surface area contributed by atoms with Crippen molar-refractivity contribution < 1.29 is 19.5 Å². The van der Waals surface area contributed by atoms with E-state index in [0.717, 1.165) is 12.2 Å². The van der Waals surface area contributed by atoms with Gasteiger partial charge in [-0.05, 0) is 29.6 Å². The molecule has 6 nitrogen and oxygen atoms in total. The van der Waals surface area contributed by atoms with Crippen LogP contribution in [-0.2, 0) is 9.59 Å². The Kier molecular flexibility index (Phi) is 5.51. The Balaban J connectivity index is 2.11. The Labute approximate surface area is 140 Å². The molecule has 8 heteroatoms. The maximum absolute atomic E-state index is 12.0. The van der Waals surface area contributed by atoms with Gasteiger partial charge in [0.25, 0.3) is 5.91 Å². The van der Waals surface area contributed by atoms with Crippen molar-refractivity contribution in [1.82, 2.24) is 0 Å². The minimum Gasteiger partial charge on any atom is -0.478 e. The molecule has 0 atom stereocenters. The second kappa shape index (κ2) is 7.57. The van der Waals surface area contributed by atoms with Gasteiger partial charge in [0.2, 0.25) is 5.91 Å². The number of nitrogens with one attached hydrogen (secondary N) is 2. The highest BCUT2D eigenvalue weighted by atomic mass is 35.5. The van der Waals surface area contributed by atoms with Crippen LogP contribution in [-0.4, -0.2) is 22.9 Å². The third-order valence-corrected chi connectivity index (χ3v) is 3.80. The first-order valence-corrected chi connectivity index (χ1v) is 7.58. The van der Waals surface area contributed by atoms with E-state index in [1.807, 2.05) is 0 Å². The summed E-state index contributed by atoms with van der Waals surface area (Å²) in [5.41, 5.74) is 0.709. The summed E-state index contributed by atoms with van der Waals surface area (Å²) in [6.45, 7) is 0. The highest BCUT2D eigenvalue weighted by Crippen LogP contribution is 2.26. The number of rotatable bonds is 5. The second-order valence-electron chi connectivity index (χ2n) is 4.29. The molecule has 118 valence electrons. The number of halogens is 1. The van der Waals surface area contributed by atoms with E-state index < -0.39 is 11.9 Å². The molecular formula is C15H11ClN2O4S. The second-order valence-corrected chi connectivity index (χ2v) is 5.64. The van der Waals surface area contributed by atoms with Gasteiger partial charge in [-0.1, -0.05) is 17.7 Å². The number of aliphatic carboxylic acids is 1. The molecular weight excluding hydrogens is 340 g/mol. The normalized spacial score (nSPS) is 10.5. The number of anilines is 2. The van der Waals surface area contributed by atoms with E-state index in [1.54, 1.807) is 17.5 Å². The van der Waals surface area contributed by atoms with Crippen LogP contribution in [0.15, 0.2) is 47.9 Å². The summed E-state index contributed by atoms with van der Waals surface area (Å²) in [6.07, 6.45) is 1.62. The summed E-state index contributed by atoms with van der Waals surface area (Å²) >= 11 is 7.32. The number of carboxylic acid groups (broad SMARTS) is 1. The summed E-state index contributed by atoms with van der Waals surface area (Å²) in [5, 5.41) is 15.7. The van der Waals surface area contributed by atoms with Gasteiger partial charge in [0, 0.05) is 17.8 Å². The molecule has 0 unspecified atom stereocenters. The van der Waals surface area contributed by atoms with Gasteiger partial charge in [0.05, 0.1) is 15.6 Å². The summed E-state index contributed by atoms with van der Waals surface area (Å²) in [5.74, 6) is -2.14. The summed E-state index contributed by atoms with van der Waals surface area (Å²) in [7, 11) is 0. The molecule has 0 fully saturated rings. The number of hydrogen-bond acceptors (Lipinski definition) is 4. The van der Waals surface area contributed by atoms with Crippen LogP contribution in [0.5, 0.6) is 0 Å². The minimum absolute atomic E-state index is 0.309. The number of hydrogen-bond donors (Lipinski definition) is 3. The Bertz CT molecular complexity index is 772. The molecule has 3 N–H and O–H groups in total. The fraction of sp³-hybridized carbons (Fsp3) is 0. The molecule has 0 aliphatic rings. The lowest BCUT2D eigenvalue weighted by Crippen LogP contribution is -2.12. The fourth-order valence-corrected chi connectivity index (χ4v) is 2.41. The van der Waals surface area contributed by atoms with Crippen LogP contribution in [0.4, 0.5) is 11.4 Å². The van der Waals surface area contributed by atoms with Gasteiger partial charge in [-0.25, -0.2) is 4.79 Å². The maximum atomic E-state index is 12.0. The van der Waals surface area contributed by atoms with Gasteiger partial charge >= 0.3 is 5.97 Å². The van der Waals surface area contributed by atoms with E-state index in [9.17, 15) is 14.4 Å². The fourth-order valence-electron chi connectivity index (χ4n) is 1.62. The first-order valence-electron chi connectivity index (χ1n) is 6.32. The van der Waals surface area contributed by atoms with Gasteiger partial charge in [0.1, 0.15) is 0 Å². The molecule has 0 saturated carbocycles. The maximum Gasteiger partial charge on any atom is 0.328 e. The Hall–Kier alpha value is -2.64. The summed E-state index contributed by atoms with van der Waals surface area (Å²) < 4.78 is 0. The minimum atomic E-state index is -1.22. The van der Waals surface area contributed by atoms with Crippen LogP contribution in [0, 0.1) is 0 Å². The van der Waals surface area contributed by atoms with Crippen LogP contribution in [0.1, 0.15) is 9.67 Å². The molecule has 0 bridgehead atoms. The van der Waals surface area contributed by atoms with E-state index in [0.29, 0.717) is 21.3 Å². The van der Waals surface area contributed by atoms with Gasteiger partial charge < -0.3 is 15.7 Å². The topological polar surface area (TPSA) is 95.5 Å². The quantitative estimate of drug-likeness (QED) is 0.721. The third kappa shape index (κ3) is 4.94. The van der Waals surface area contributed by atoms with Crippen LogP contribution in [0.2, 0.25) is 5.02 Å². The molecule has 2 aromatic rings. The molecule has 1 heterocycles. The van der Waals surface area contributed by atoms with Crippen molar-refractivity contribution in [3.05, 3.63) is 57.8 Å². The number of benzene rings is 1. The molecule has 0 radical (unpaired) electrons. The predicted octanol–water partition coefficient (Wildman–Crippen LogP) is 3.23. The van der Waals surface area contributed by atoms with Gasteiger partial charge in [0.15, 0.2) is 0 Å². The van der Waals surface area contributed by atoms with Crippen molar-refractivity contribution in [1.29, 1.82) is 0 Å². The zero-order chi connectivity index (χ0) is 16.8.